The van der Waals surface area contributed by atoms with Crippen LogP contribution in [-0.4, -0.2) is 39.4 Å². The zero-order valence-corrected chi connectivity index (χ0v) is 11.5. The summed E-state index contributed by atoms with van der Waals surface area (Å²) in [5, 5.41) is 17.0. The maximum atomic E-state index is 9.76. The normalized spacial score (nSPS) is 16.6. The Balaban J connectivity index is 1.85. The average Bonchev–Trinajstić information content (AvgIpc) is 2.92. The van der Waals surface area contributed by atoms with Crippen LogP contribution in [0.2, 0.25) is 0 Å². The Kier molecular flexibility index (Phi) is 3.31. The highest BCUT2D eigenvalue weighted by Crippen LogP contribution is 2.27. The first-order valence-corrected chi connectivity index (χ1v) is 6.87. The van der Waals surface area contributed by atoms with Crippen molar-refractivity contribution in [1.82, 2.24) is 15.2 Å². The molecule has 1 aromatic carbocycles. The second-order valence-electron chi connectivity index (χ2n) is 5.26. The van der Waals surface area contributed by atoms with Crippen molar-refractivity contribution >= 4 is 5.95 Å². The molecule has 0 radical (unpaired) electrons. The minimum atomic E-state index is 0.268. The molecule has 6 heteroatoms. The van der Waals surface area contributed by atoms with Gasteiger partial charge in [0.25, 0.3) is 0 Å². The molecule has 0 unspecified atom stereocenters. The van der Waals surface area contributed by atoms with Gasteiger partial charge in [0.05, 0.1) is 0 Å². The van der Waals surface area contributed by atoms with Gasteiger partial charge in [0, 0.05) is 30.3 Å². The molecule has 1 aliphatic rings. The van der Waals surface area contributed by atoms with Crippen molar-refractivity contribution in [2.24, 2.45) is 5.73 Å². The van der Waals surface area contributed by atoms with E-state index in [0.717, 1.165) is 37.1 Å². The van der Waals surface area contributed by atoms with Crippen LogP contribution < -0.4 is 10.6 Å². The molecule has 20 heavy (non-hydrogen) atoms. The van der Waals surface area contributed by atoms with Crippen molar-refractivity contribution in [3.8, 4) is 17.1 Å². The molecule has 4 N–H and O–H groups in total. The van der Waals surface area contributed by atoms with Gasteiger partial charge in [-0.15, -0.1) is 5.10 Å². The van der Waals surface area contributed by atoms with Crippen LogP contribution in [0.25, 0.3) is 11.4 Å². The molecule has 1 saturated heterocycles. The molecule has 2 aromatic rings. The lowest BCUT2D eigenvalue weighted by Gasteiger charge is -2.28. The van der Waals surface area contributed by atoms with E-state index < -0.39 is 0 Å². The number of aromatic nitrogens is 3. The molecule has 0 saturated carbocycles. The van der Waals surface area contributed by atoms with Gasteiger partial charge < -0.3 is 15.7 Å². The summed E-state index contributed by atoms with van der Waals surface area (Å²) in [6, 6.07) is 5.69. The lowest BCUT2D eigenvalue weighted by Crippen LogP contribution is -2.40. The Morgan fingerprint density at radius 3 is 2.85 bits per heavy atom. The van der Waals surface area contributed by atoms with E-state index in [9.17, 15) is 5.11 Å². The average molecular weight is 273 g/mol. The second kappa shape index (κ2) is 5.13. The number of anilines is 1. The van der Waals surface area contributed by atoms with Crippen molar-refractivity contribution in [2.75, 3.05) is 18.0 Å². The van der Waals surface area contributed by atoms with E-state index in [2.05, 4.69) is 20.1 Å². The topological polar surface area (TPSA) is 91.1 Å². The molecule has 0 bridgehead atoms. The van der Waals surface area contributed by atoms with E-state index in [0.29, 0.717) is 11.8 Å². The van der Waals surface area contributed by atoms with Gasteiger partial charge in [0.2, 0.25) is 5.95 Å². The maximum absolute atomic E-state index is 9.76. The van der Waals surface area contributed by atoms with Gasteiger partial charge in [-0.2, -0.15) is 4.98 Å². The Hall–Kier alpha value is -2.08. The number of piperidine rings is 1. The quantitative estimate of drug-likeness (QED) is 0.769. The fraction of sp³-hybridized carbons (Fsp3) is 0.429. The molecular weight excluding hydrogens is 254 g/mol. The number of benzene rings is 1. The molecule has 0 aliphatic carbocycles. The maximum Gasteiger partial charge on any atom is 0.245 e. The largest absolute Gasteiger partial charge is 0.508 e. The van der Waals surface area contributed by atoms with Crippen molar-refractivity contribution in [2.45, 2.75) is 25.8 Å². The Bertz CT molecular complexity index is 601. The summed E-state index contributed by atoms with van der Waals surface area (Å²) in [6.07, 6.45) is 1.93. The van der Waals surface area contributed by atoms with Gasteiger partial charge in [-0.3, -0.25) is 5.10 Å². The number of rotatable bonds is 2. The van der Waals surface area contributed by atoms with Crippen LogP contribution in [0.15, 0.2) is 18.2 Å². The monoisotopic (exact) mass is 273 g/mol. The highest BCUT2D eigenvalue weighted by atomic mass is 16.3. The Morgan fingerprint density at radius 2 is 2.10 bits per heavy atom. The van der Waals surface area contributed by atoms with E-state index in [1.54, 1.807) is 12.1 Å². The molecule has 1 fully saturated rings. The van der Waals surface area contributed by atoms with Gasteiger partial charge in [-0.25, -0.2) is 0 Å². The third kappa shape index (κ3) is 2.34. The summed E-state index contributed by atoms with van der Waals surface area (Å²) in [4.78, 5) is 6.68. The molecule has 3 rings (SSSR count). The summed E-state index contributed by atoms with van der Waals surface area (Å²) in [6.45, 7) is 3.64. The molecular formula is C14H19N5O. The molecule has 1 aliphatic heterocycles. The Labute approximate surface area is 117 Å². The fourth-order valence-electron chi connectivity index (χ4n) is 2.49. The number of nitrogens with one attached hydrogen (secondary N) is 1. The number of aromatic amines is 1. The Morgan fingerprint density at radius 1 is 1.35 bits per heavy atom. The molecule has 106 valence electrons. The highest BCUT2D eigenvalue weighted by Gasteiger charge is 2.20. The van der Waals surface area contributed by atoms with Gasteiger partial charge in [0.15, 0.2) is 5.82 Å². The zero-order valence-electron chi connectivity index (χ0n) is 11.5. The third-order valence-electron chi connectivity index (χ3n) is 3.86. The number of H-pyrrole nitrogens is 1. The van der Waals surface area contributed by atoms with Crippen molar-refractivity contribution in [3.63, 3.8) is 0 Å². The summed E-state index contributed by atoms with van der Waals surface area (Å²) in [5.41, 5.74) is 7.58. The van der Waals surface area contributed by atoms with Crippen molar-refractivity contribution in [3.05, 3.63) is 23.8 Å². The van der Waals surface area contributed by atoms with Crippen LogP contribution >= 0.6 is 0 Å². The summed E-state index contributed by atoms with van der Waals surface area (Å²) in [5.74, 6) is 1.65. The fourth-order valence-corrected chi connectivity index (χ4v) is 2.49. The number of hydrogen-bond donors (Lipinski definition) is 3. The van der Waals surface area contributed by atoms with Crippen molar-refractivity contribution < 1.29 is 5.11 Å². The molecule has 2 heterocycles. The molecule has 6 nitrogen and oxygen atoms in total. The second-order valence-corrected chi connectivity index (χ2v) is 5.26. The van der Waals surface area contributed by atoms with Crippen LogP contribution in [0.5, 0.6) is 5.75 Å². The molecule has 0 atom stereocenters. The molecule has 0 spiro atoms. The van der Waals surface area contributed by atoms with Crippen LogP contribution in [0.4, 0.5) is 5.95 Å². The van der Waals surface area contributed by atoms with Crippen LogP contribution in [0, 0.1) is 6.92 Å². The summed E-state index contributed by atoms with van der Waals surface area (Å²) in [7, 11) is 0. The zero-order chi connectivity index (χ0) is 14.1. The van der Waals surface area contributed by atoms with Crippen LogP contribution in [0.1, 0.15) is 18.4 Å². The first-order valence-electron chi connectivity index (χ1n) is 6.87. The minimum absolute atomic E-state index is 0.268. The van der Waals surface area contributed by atoms with E-state index in [1.807, 2.05) is 13.0 Å². The molecule has 1 aromatic heterocycles. The van der Waals surface area contributed by atoms with Crippen LogP contribution in [0.3, 0.4) is 0 Å². The van der Waals surface area contributed by atoms with E-state index in [4.69, 9.17) is 5.73 Å². The smallest absolute Gasteiger partial charge is 0.245 e. The predicted molar refractivity (Wildman–Crippen MR) is 77.6 cm³/mol. The number of aromatic hydroxyl groups is 1. The molecule has 0 amide bonds. The van der Waals surface area contributed by atoms with Crippen molar-refractivity contribution in [1.29, 1.82) is 0 Å². The standard InChI is InChI=1S/C14H19N5O/c1-9-11(3-2-4-12(9)20)13-16-14(18-17-13)19-7-5-10(15)6-8-19/h2-4,10,20H,5-8,15H2,1H3,(H,16,17,18). The number of hydrogen-bond acceptors (Lipinski definition) is 5. The van der Waals surface area contributed by atoms with Gasteiger partial charge >= 0.3 is 0 Å². The van der Waals surface area contributed by atoms with Gasteiger partial charge in [-0.05, 0) is 25.8 Å². The first kappa shape index (κ1) is 12.9. The highest BCUT2D eigenvalue weighted by molar-refractivity contribution is 5.64. The lowest BCUT2D eigenvalue weighted by molar-refractivity contribution is 0.471. The first-order chi connectivity index (χ1) is 9.65. The van der Waals surface area contributed by atoms with E-state index >= 15 is 0 Å². The third-order valence-corrected chi connectivity index (χ3v) is 3.86. The number of nitrogens with zero attached hydrogens (tertiary/aromatic N) is 3. The van der Waals surface area contributed by atoms with E-state index in [-0.39, 0.29) is 11.8 Å². The number of phenolic OH excluding ortho intramolecular Hbond substituents is 1. The minimum Gasteiger partial charge on any atom is -0.508 e. The number of phenols is 1. The van der Waals surface area contributed by atoms with Gasteiger partial charge in [-0.1, -0.05) is 12.1 Å². The van der Waals surface area contributed by atoms with Crippen LogP contribution in [-0.2, 0) is 0 Å². The SMILES string of the molecule is Cc1c(O)cccc1-c1nc(N2CCC(N)CC2)n[nH]1. The predicted octanol–water partition coefficient (Wildman–Crippen LogP) is 1.41. The number of nitrogens with two attached hydrogens (primary N) is 1. The van der Waals surface area contributed by atoms with E-state index in [1.165, 1.54) is 0 Å². The summed E-state index contributed by atoms with van der Waals surface area (Å²) < 4.78 is 0. The van der Waals surface area contributed by atoms with Gasteiger partial charge in [0.1, 0.15) is 5.75 Å². The summed E-state index contributed by atoms with van der Waals surface area (Å²) >= 11 is 0. The lowest BCUT2D eigenvalue weighted by atomic mass is 10.1.